The van der Waals surface area contributed by atoms with Gasteiger partial charge in [0.2, 0.25) is 0 Å². The van der Waals surface area contributed by atoms with Gasteiger partial charge in [0.15, 0.2) is 16.6 Å². The Labute approximate surface area is 191 Å². The summed E-state index contributed by atoms with van der Waals surface area (Å²) in [5.74, 6) is 2.30. The molecule has 2 heterocycles. The number of fused-ring (bicyclic) bond motifs is 1. The number of anilines is 1. The highest BCUT2D eigenvalue weighted by atomic mass is 32.1. The Morgan fingerprint density at radius 2 is 1.81 bits per heavy atom. The topological polar surface area (TPSA) is 95.3 Å². The summed E-state index contributed by atoms with van der Waals surface area (Å²) in [6.07, 6.45) is 3.11. The van der Waals surface area contributed by atoms with Crippen LogP contribution in [0.15, 0.2) is 47.8 Å². The number of thiocarbonyl (C=S) groups is 1. The van der Waals surface area contributed by atoms with Gasteiger partial charge in [-0.2, -0.15) is 5.10 Å². The lowest BCUT2D eigenvalue weighted by Gasteiger charge is -2.36. The normalized spacial score (nSPS) is 14.1. The first-order valence-corrected chi connectivity index (χ1v) is 10.5. The molecule has 2 aromatic carbocycles. The van der Waals surface area contributed by atoms with Gasteiger partial charge >= 0.3 is 0 Å². The van der Waals surface area contributed by atoms with E-state index in [0.717, 1.165) is 42.9 Å². The quantitative estimate of drug-likeness (QED) is 0.344. The number of phenolic OH excluding ortho intramolecular Hbond substituents is 1. The predicted octanol–water partition coefficient (Wildman–Crippen LogP) is 2.38. The Morgan fingerprint density at radius 3 is 2.53 bits per heavy atom. The summed E-state index contributed by atoms with van der Waals surface area (Å²) in [6.45, 7) is 2.92. The van der Waals surface area contributed by atoms with Gasteiger partial charge in [0, 0.05) is 43.2 Å². The van der Waals surface area contributed by atoms with Crippen molar-refractivity contribution in [2.75, 3.05) is 45.3 Å². The van der Waals surface area contributed by atoms with Crippen LogP contribution in [0.4, 0.5) is 5.82 Å². The van der Waals surface area contributed by atoms with Crippen LogP contribution in [0.25, 0.3) is 10.9 Å². The Balaban J connectivity index is 1.42. The highest BCUT2D eigenvalue weighted by Gasteiger charge is 2.22. The molecule has 3 aromatic rings. The number of aromatic hydroxyl groups is 1. The van der Waals surface area contributed by atoms with Crippen LogP contribution in [-0.4, -0.2) is 71.7 Å². The van der Waals surface area contributed by atoms with E-state index in [1.54, 1.807) is 45.0 Å². The van der Waals surface area contributed by atoms with Crippen LogP contribution >= 0.6 is 12.2 Å². The molecule has 1 aliphatic heterocycles. The Kier molecular flexibility index (Phi) is 6.50. The molecule has 1 fully saturated rings. The molecule has 32 heavy (non-hydrogen) atoms. The summed E-state index contributed by atoms with van der Waals surface area (Å²) < 4.78 is 10.8. The second-order valence-corrected chi connectivity index (χ2v) is 7.52. The fraction of sp³-hybridized carbons (Fsp3) is 0.273. The third-order valence-electron chi connectivity index (χ3n) is 5.29. The zero-order chi connectivity index (χ0) is 22.5. The van der Waals surface area contributed by atoms with Gasteiger partial charge in [-0.05, 0) is 30.4 Å². The standard InChI is InChI=1S/C22H24N6O3S/c1-30-19-11-16-17(12-20(19)31-2)23-14-24-21(16)27-7-9-28(10-8-27)22(32)26-25-13-15-5-3-4-6-18(15)29/h3-6,11-14,29H,7-10H2,1-2H3,(H,26,32). The molecular formula is C22H24N6O3S. The van der Waals surface area contributed by atoms with E-state index in [2.05, 4.69) is 30.3 Å². The molecular weight excluding hydrogens is 428 g/mol. The Hall–Kier alpha value is -3.66. The van der Waals surface area contributed by atoms with Crippen molar-refractivity contribution in [2.45, 2.75) is 0 Å². The third kappa shape index (κ3) is 4.50. The number of hydrazone groups is 1. The average molecular weight is 453 g/mol. The largest absolute Gasteiger partial charge is 0.507 e. The molecule has 9 nitrogen and oxygen atoms in total. The number of para-hydroxylation sites is 1. The molecule has 0 aliphatic carbocycles. The Morgan fingerprint density at radius 1 is 1.09 bits per heavy atom. The summed E-state index contributed by atoms with van der Waals surface area (Å²) in [7, 11) is 3.22. The number of benzene rings is 2. The number of aromatic nitrogens is 2. The van der Waals surface area contributed by atoms with Gasteiger partial charge in [-0.1, -0.05) is 12.1 Å². The number of hydrogen-bond donors (Lipinski definition) is 2. The van der Waals surface area contributed by atoms with Crippen LogP contribution in [0, 0.1) is 0 Å². The number of ether oxygens (including phenoxy) is 2. The lowest BCUT2D eigenvalue weighted by molar-refractivity contribution is 0.355. The van der Waals surface area contributed by atoms with Crippen LogP contribution in [0.2, 0.25) is 0 Å². The van der Waals surface area contributed by atoms with Gasteiger partial charge in [0.1, 0.15) is 17.9 Å². The van der Waals surface area contributed by atoms with E-state index < -0.39 is 0 Å². The molecule has 0 radical (unpaired) electrons. The van der Waals surface area contributed by atoms with E-state index in [4.69, 9.17) is 21.7 Å². The second-order valence-electron chi connectivity index (χ2n) is 7.13. The number of nitrogens with one attached hydrogen (secondary N) is 1. The van der Waals surface area contributed by atoms with Crippen molar-refractivity contribution in [1.82, 2.24) is 20.3 Å². The van der Waals surface area contributed by atoms with Crippen molar-refractivity contribution >= 4 is 40.3 Å². The molecule has 1 saturated heterocycles. The minimum Gasteiger partial charge on any atom is -0.507 e. The van der Waals surface area contributed by atoms with Crippen molar-refractivity contribution in [3.8, 4) is 17.2 Å². The van der Waals surface area contributed by atoms with E-state index in [1.165, 1.54) is 0 Å². The molecule has 0 amide bonds. The van der Waals surface area contributed by atoms with Crippen LogP contribution in [-0.2, 0) is 0 Å². The zero-order valence-electron chi connectivity index (χ0n) is 17.9. The fourth-order valence-electron chi connectivity index (χ4n) is 3.57. The maximum Gasteiger partial charge on any atom is 0.189 e. The molecule has 2 N–H and O–H groups in total. The van der Waals surface area contributed by atoms with Crippen LogP contribution in [0.1, 0.15) is 5.56 Å². The van der Waals surface area contributed by atoms with Crippen LogP contribution < -0.4 is 19.8 Å². The molecule has 0 saturated carbocycles. The first-order chi connectivity index (χ1) is 15.6. The second kappa shape index (κ2) is 9.65. The average Bonchev–Trinajstić information content (AvgIpc) is 2.84. The molecule has 0 bridgehead atoms. The van der Waals surface area contributed by atoms with E-state index in [9.17, 15) is 5.11 Å². The summed E-state index contributed by atoms with van der Waals surface area (Å²) >= 11 is 5.48. The summed E-state index contributed by atoms with van der Waals surface area (Å²) in [5.41, 5.74) is 4.30. The number of rotatable bonds is 5. The highest BCUT2D eigenvalue weighted by Crippen LogP contribution is 2.34. The van der Waals surface area contributed by atoms with E-state index in [0.29, 0.717) is 22.2 Å². The predicted molar refractivity (Wildman–Crippen MR) is 128 cm³/mol. The minimum atomic E-state index is 0.170. The number of piperazine rings is 1. The smallest absolute Gasteiger partial charge is 0.189 e. The first-order valence-electron chi connectivity index (χ1n) is 10.1. The van der Waals surface area contributed by atoms with Crippen molar-refractivity contribution in [3.63, 3.8) is 0 Å². The summed E-state index contributed by atoms with van der Waals surface area (Å²) in [6, 6.07) is 10.8. The lowest BCUT2D eigenvalue weighted by atomic mass is 10.2. The van der Waals surface area contributed by atoms with E-state index in [-0.39, 0.29) is 5.75 Å². The fourth-order valence-corrected chi connectivity index (χ4v) is 3.80. The van der Waals surface area contributed by atoms with Crippen LogP contribution in [0.5, 0.6) is 17.2 Å². The van der Waals surface area contributed by atoms with Crippen molar-refractivity contribution in [2.24, 2.45) is 5.10 Å². The third-order valence-corrected chi connectivity index (χ3v) is 5.64. The summed E-state index contributed by atoms with van der Waals surface area (Å²) in [5, 5.41) is 15.4. The number of phenols is 1. The van der Waals surface area contributed by atoms with Gasteiger partial charge in [0.05, 0.1) is 26.0 Å². The van der Waals surface area contributed by atoms with E-state index in [1.807, 2.05) is 18.2 Å². The SMILES string of the molecule is COc1cc2ncnc(N3CCN(C(=S)NN=Cc4ccccc4O)CC3)c2cc1OC. The van der Waals surface area contributed by atoms with Gasteiger partial charge in [-0.3, -0.25) is 5.43 Å². The number of hydrogen-bond acceptors (Lipinski definition) is 8. The van der Waals surface area contributed by atoms with Gasteiger partial charge < -0.3 is 24.4 Å². The lowest BCUT2D eigenvalue weighted by Crippen LogP contribution is -2.51. The van der Waals surface area contributed by atoms with Crippen molar-refractivity contribution in [1.29, 1.82) is 0 Å². The molecule has 166 valence electrons. The Bertz CT molecular complexity index is 1150. The summed E-state index contributed by atoms with van der Waals surface area (Å²) in [4.78, 5) is 13.2. The number of nitrogens with zero attached hydrogens (tertiary/aromatic N) is 5. The van der Waals surface area contributed by atoms with Crippen LogP contribution in [0.3, 0.4) is 0 Å². The molecule has 1 aliphatic rings. The minimum absolute atomic E-state index is 0.170. The van der Waals surface area contributed by atoms with Crippen molar-refractivity contribution < 1.29 is 14.6 Å². The maximum absolute atomic E-state index is 9.81. The molecule has 0 atom stereocenters. The monoisotopic (exact) mass is 452 g/mol. The molecule has 4 rings (SSSR count). The molecule has 0 spiro atoms. The van der Waals surface area contributed by atoms with Gasteiger partial charge in [-0.25, -0.2) is 9.97 Å². The zero-order valence-corrected chi connectivity index (χ0v) is 18.7. The maximum atomic E-state index is 9.81. The first kappa shape index (κ1) is 21.6. The molecule has 10 heteroatoms. The van der Waals surface area contributed by atoms with Gasteiger partial charge in [0.25, 0.3) is 0 Å². The van der Waals surface area contributed by atoms with E-state index >= 15 is 0 Å². The highest BCUT2D eigenvalue weighted by molar-refractivity contribution is 7.80. The van der Waals surface area contributed by atoms with Gasteiger partial charge in [-0.15, -0.1) is 0 Å². The number of methoxy groups -OCH3 is 2. The molecule has 0 unspecified atom stereocenters. The molecule has 1 aromatic heterocycles. The van der Waals surface area contributed by atoms with Crippen molar-refractivity contribution in [3.05, 3.63) is 48.3 Å².